The number of nitrogens with two attached hydrogens (primary N) is 1. The van der Waals surface area contributed by atoms with Crippen LogP contribution in [-0.4, -0.2) is 29.4 Å². The highest BCUT2D eigenvalue weighted by atomic mass is 16.2. The van der Waals surface area contributed by atoms with E-state index in [0.29, 0.717) is 12.0 Å². The lowest BCUT2D eigenvalue weighted by atomic mass is 9.78. The van der Waals surface area contributed by atoms with E-state index in [1.165, 1.54) is 6.42 Å². The Morgan fingerprint density at radius 2 is 2.06 bits per heavy atom. The molecule has 0 bridgehead atoms. The van der Waals surface area contributed by atoms with Crippen LogP contribution in [0.1, 0.15) is 59.8 Å². The maximum absolute atomic E-state index is 12.5. The highest BCUT2D eigenvalue weighted by Gasteiger charge is 2.34. The third-order valence-corrected chi connectivity index (χ3v) is 4.96. The second kappa shape index (κ2) is 6.05. The standard InChI is InChI=1S/C15H30N2O/c1-6-15(3,4)17(5)14(18)11(2)12-8-7-9-13(16)10-12/h11-13H,6-10,16H2,1-5H3. The van der Waals surface area contributed by atoms with Crippen LogP contribution in [0.25, 0.3) is 0 Å². The Bertz CT molecular complexity index is 288. The van der Waals surface area contributed by atoms with Crippen LogP contribution in [0.3, 0.4) is 0 Å². The molecule has 0 aromatic carbocycles. The van der Waals surface area contributed by atoms with Gasteiger partial charge in [0.2, 0.25) is 5.91 Å². The molecule has 106 valence electrons. The van der Waals surface area contributed by atoms with Gasteiger partial charge in [-0.25, -0.2) is 0 Å². The molecule has 0 spiro atoms. The number of carbonyl (C=O) groups is 1. The number of carbonyl (C=O) groups excluding carboxylic acids is 1. The summed E-state index contributed by atoms with van der Waals surface area (Å²) in [6.07, 6.45) is 5.43. The summed E-state index contributed by atoms with van der Waals surface area (Å²) in [5.74, 6) is 0.851. The van der Waals surface area contributed by atoms with Gasteiger partial charge in [-0.1, -0.05) is 20.3 Å². The highest BCUT2D eigenvalue weighted by Crippen LogP contribution is 2.31. The van der Waals surface area contributed by atoms with Crippen LogP contribution in [0.2, 0.25) is 0 Å². The molecule has 0 saturated heterocycles. The topological polar surface area (TPSA) is 46.3 Å². The second-order valence-corrected chi connectivity index (χ2v) is 6.54. The average Bonchev–Trinajstić information content (AvgIpc) is 2.36. The van der Waals surface area contributed by atoms with Crippen molar-refractivity contribution in [2.75, 3.05) is 7.05 Å². The summed E-state index contributed by atoms with van der Waals surface area (Å²) in [5.41, 5.74) is 5.97. The van der Waals surface area contributed by atoms with Gasteiger partial charge in [0.25, 0.3) is 0 Å². The summed E-state index contributed by atoms with van der Waals surface area (Å²) in [6.45, 7) is 8.46. The van der Waals surface area contributed by atoms with E-state index in [0.717, 1.165) is 25.7 Å². The lowest BCUT2D eigenvalue weighted by Gasteiger charge is -2.39. The smallest absolute Gasteiger partial charge is 0.225 e. The van der Waals surface area contributed by atoms with Crippen molar-refractivity contribution in [2.24, 2.45) is 17.6 Å². The molecule has 1 aliphatic carbocycles. The van der Waals surface area contributed by atoms with Gasteiger partial charge in [-0.05, 0) is 45.4 Å². The van der Waals surface area contributed by atoms with E-state index in [-0.39, 0.29) is 17.4 Å². The molecule has 3 atom stereocenters. The van der Waals surface area contributed by atoms with E-state index < -0.39 is 0 Å². The van der Waals surface area contributed by atoms with Crippen LogP contribution in [0, 0.1) is 11.8 Å². The number of nitrogens with zero attached hydrogens (tertiary/aromatic N) is 1. The predicted octanol–water partition coefficient (Wildman–Crippen LogP) is 2.79. The van der Waals surface area contributed by atoms with Crippen LogP contribution in [0.5, 0.6) is 0 Å². The first-order valence-electron chi connectivity index (χ1n) is 7.32. The van der Waals surface area contributed by atoms with Crippen molar-refractivity contribution in [3.8, 4) is 0 Å². The molecule has 18 heavy (non-hydrogen) atoms. The minimum atomic E-state index is -0.0534. The molecule has 0 aromatic rings. The molecular weight excluding hydrogens is 224 g/mol. The van der Waals surface area contributed by atoms with Gasteiger partial charge in [-0.15, -0.1) is 0 Å². The molecule has 0 aliphatic heterocycles. The van der Waals surface area contributed by atoms with Crippen molar-refractivity contribution in [2.45, 2.75) is 71.4 Å². The van der Waals surface area contributed by atoms with Crippen LogP contribution in [-0.2, 0) is 4.79 Å². The minimum Gasteiger partial charge on any atom is -0.340 e. The molecule has 2 N–H and O–H groups in total. The molecular formula is C15H30N2O. The largest absolute Gasteiger partial charge is 0.340 e. The second-order valence-electron chi connectivity index (χ2n) is 6.54. The molecule has 3 heteroatoms. The third kappa shape index (κ3) is 3.47. The fourth-order valence-corrected chi connectivity index (χ4v) is 2.76. The molecule has 3 unspecified atom stereocenters. The summed E-state index contributed by atoms with van der Waals surface area (Å²) in [6, 6.07) is 0.295. The van der Waals surface area contributed by atoms with E-state index in [2.05, 4.69) is 27.7 Å². The molecule has 0 radical (unpaired) electrons. The maximum atomic E-state index is 12.5. The normalized spacial score (nSPS) is 26.8. The first kappa shape index (κ1) is 15.5. The average molecular weight is 254 g/mol. The summed E-state index contributed by atoms with van der Waals surface area (Å²) in [5, 5.41) is 0. The number of hydrogen-bond acceptors (Lipinski definition) is 2. The Hall–Kier alpha value is -0.570. The Kier molecular flexibility index (Phi) is 5.20. The summed E-state index contributed by atoms with van der Waals surface area (Å²) < 4.78 is 0. The van der Waals surface area contributed by atoms with E-state index >= 15 is 0 Å². The van der Waals surface area contributed by atoms with Gasteiger partial charge in [-0.2, -0.15) is 0 Å². The first-order chi connectivity index (χ1) is 8.29. The number of amides is 1. The molecule has 1 fully saturated rings. The van der Waals surface area contributed by atoms with E-state index in [1.807, 2.05) is 11.9 Å². The van der Waals surface area contributed by atoms with E-state index in [1.54, 1.807) is 0 Å². The fraction of sp³-hybridized carbons (Fsp3) is 0.933. The molecule has 3 nitrogen and oxygen atoms in total. The quantitative estimate of drug-likeness (QED) is 0.838. The third-order valence-electron chi connectivity index (χ3n) is 4.96. The van der Waals surface area contributed by atoms with Crippen molar-refractivity contribution in [3.63, 3.8) is 0 Å². The van der Waals surface area contributed by atoms with Gasteiger partial charge >= 0.3 is 0 Å². The SMILES string of the molecule is CCC(C)(C)N(C)C(=O)C(C)C1CCCC(N)C1. The van der Waals surface area contributed by atoms with Gasteiger partial charge in [0.1, 0.15) is 0 Å². The van der Waals surface area contributed by atoms with E-state index in [4.69, 9.17) is 5.73 Å². The molecule has 1 aliphatic rings. The Balaban J connectivity index is 2.65. The molecule has 1 amide bonds. The zero-order valence-corrected chi connectivity index (χ0v) is 12.7. The highest BCUT2D eigenvalue weighted by molar-refractivity contribution is 5.79. The van der Waals surface area contributed by atoms with Crippen molar-refractivity contribution in [3.05, 3.63) is 0 Å². The van der Waals surface area contributed by atoms with E-state index in [9.17, 15) is 4.79 Å². The summed E-state index contributed by atoms with van der Waals surface area (Å²) in [7, 11) is 1.94. The molecule has 1 saturated carbocycles. The first-order valence-corrected chi connectivity index (χ1v) is 7.32. The fourth-order valence-electron chi connectivity index (χ4n) is 2.76. The lowest BCUT2D eigenvalue weighted by Crippen LogP contribution is -2.48. The predicted molar refractivity (Wildman–Crippen MR) is 76.2 cm³/mol. The zero-order chi connectivity index (χ0) is 13.9. The van der Waals surface area contributed by atoms with Crippen molar-refractivity contribution >= 4 is 5.91 Å². The monoisotopic (exact) mass is 254 g/mol. The Morgan fingerprint density at radius 3 is 2.56 bits per heavy atom. The van der Waals surface area contributed by atoms with Crippen molar-refractivity contribution in [1.82, 2.24) is 4.90 Å². The molecule has 1 rings (SSSR count). The zero-order valence-electron chi connectivity index (χ0n) is 12.7. The number of hydrogen-bond donors (Lipinski definition) is 1. The van der Waals surface area contributed by atoms with Gasteiger partial charge in [0, 0.05) is 24.5 Å². The van der Waals surface area contributed by atoms with Crippen molar-refractivity contribution < 1.29 is 4.79 Å². The molecule has 0 heterocycles. The van der Waals surface area contributed by atoms with Crippen molar-refractivity contribution in [1.29, 1.82) is 0 Å². The maximum Gasteiger partial charge on any atom is 0.225 e. The minimum absolute atomic E-state index is 0.0534. The van der Waals surface area contributed by atoms with Crippen LogP contribution < -0.4 is 5.73 Å². The Labute approximate surface area is 112 Å². The van der Waals surface area contributed by atoms with Crippen LogP contribution >= 0.6 is 0 Å². The van der Waals surface area contributed by atoms with Gasteiger partial charge in [0.05, 0.1) is 0 Å². The summed E-state index contributed by atoms with van der Waals surface area (Å²) >= 11 is 0. The van der Waals surface area contributed by atoms with Gasteiger partial charge < -0.3 is 10.6 Å². The van der Waals surface area contributed by atoms with Gasteiger partial charge in [0.15, 0.2) is 0 Å². The van der Waals surface area contributed by atoms with Crippen LogP contribution in [0.4, 0.5) is 0 Å². The van der Waals surface area contributed by atoms with Gasteiger partial charge in [-0.3, -0.25) is 4.79 Å². The summed E-state index contributed by atoms with van der Waals surface area (Å²) in [4.78, 5) is 14.5. The lowest BCUT2D eigenvalue weighted by molar-refractivity contribution is -0.140. The Morgan fingerprint density at radius 1 is 1.44 bits per heavy atom. The van der Waals surface area contributed by atoms with Crippen LogP contribution in [0.15, 0.2) is 0 Å². The number of rotatable bonds is 4. The molecule has 0 aromatic heterocycles.